The Morgan fingerprint density at radius 2 is 1.50 bits per heavy atom. The second kappa shape index (κ2) is 9.05. The summed E-state index contributed by atoms with van der Waals surface area (Å²) in [5, 5.41) is 7.83. The van der Waals surface area contributed by atoms with E-state index in [9.17, 15) is 14.4 Å². The normalized spacial score (nSPS) is 13.2. The molecule has 130 valence electrons. The summed E-state index contributed by atoms with van der Waals surface area (Å²) < 4.78 is 0. The summed E-state index contributed by atoms with van der Waals surface area (Å²) >= 11 is 0. The maximum absolute atomic E-state index is 11.7. The molecular weight excluding hydrogens is 306 g/mol. The Morgan fingerprint density at radius 3 is 2.12 bits per heavy atom. The summed E-state index contributed by atoms with van der Waals surface area (Å²) in [5.41, 5.74) is 2.27. The smallest absolute Gasteiger partial charge is 0.239 e. The lowest BCUT2D eigenvalue weighted by Crippen LogP contribution is -2.42. The minimum atomic E-state index is -0.361. The summed E-state index contributed by atoms with van der Waals surface area (Å²) in [4.78, 5) is 34.8. The lowest BCUT2D eigenvalue weighted by atomic mass is 10.1. The fourth-order valence-electron chi connectivity index (χ4n) is 2.16. The zero-order valence-electron chi connectivity index (χ0n) is 14.1. The van der Waals surface area contributed by atoms with Crippen molar-refractivity contribution in [3.63, 3.8) is 0 Å². The van der Waals surface area contributed by atoms with E-state index < -0.39 is 0 Å². The van der Waals surface area contributed by atoms with Crippen LogP contribution in [0.4, 0.5) is 0 Å². The van der Waals surface area contributed by atoms with Gasteiger partial charge in [-0.2, -0.15) is 0 Å². The minimum Gasteiger partial charge on any atom is -0.354 e. The van der Waals surface area contributed by atoms with E-state index in [-0.39, 0.29) is 30.8 Å². The van der Waals surface area contributed by atoms with Crippen LogP contribution in [0.1, 0.15) is 30.4 Å². The third-order valence-corrected chi connectivity index (χ3v) is 3.94. The van der Waals surface area contributed by atoms with Crippen molar-refractivity contribution in [1.29, 1.82) is 0 Å². The zero-order chi connectivity index (χ0) is 17.4. The maximum atomic E-state index is 11.7. The number of hydrogen-bond donors (Lipinski definition) is 3. The highest BCUT2D eigenvalue weighted by atomic mass is 16.2. The second-order valence-corrected chi connectivity index (χ2v) is 6.29. The van der Waals surface area contributed by atoms with Gasteiger partial charge in [-0.25, -0.2) is 0 Å². The van der Waals surface area contributed by atoms with Crippen LogP contribution in [0.25, 0.3) is 0 Å². The summed E-state index contributed by atoms with van der Waals surface area (Å²) in [6, 6.07) is 8.01. The fraction of sp³-hybridized carbons (Fsp3) is 0.500. The number of aryl methyl sites for hydroxylation is 2. The van der Waals surface area contributed by atoms with E-state index in [4.69, 9.17) is 0 Å². The van der Waals surface area contributed by atoms with Crippen molar-refractivity contribution in [2.45, 2.75) is 32.6 Å². The zero-order valence-corrected chi connectivity index (χ0v) is 14.1. The molecule has 0 spiro atoms. The van der Waals surface area contributed by atoms with Crippen LogP contribution >= 0.6 is 0 Å². The highest BCUT2D eigenvalue weighted by molar-refractivity contribution is 5.88. The predicted octanol–water partition coefficient (Wildman–Crippen LogP) is 0.686. The molecule has 3 amide bonds. The van der Waals surface area contributed by atoms with Crippen molar-refractivity contribution in [3.05, 3.63) is 35.4 Å². The monoisotopic (exact) mass is 331 g/mol. The van der Waals surface area contributed by atoms with E-state index >= 15 is 0 Å². The second-order valence-electron chi connectivity index (χ2n) is 6.29. The lowest BCUT2D eigenvalue weighted by molar-refractivity contribution is -0.127. The molecule has 0 bridgehead atoms. The van der Waals surface area contributed by atoms with E-state index in [1.165, 1.54) is 18.4 Å². The van der Waals surface area contributed by atoms with Gasteiger partial charge in [0.15, 0.2) is 0 Å². The Morgan fingerprint density at radius 1 is 0.917 bits per heavy atom. The molecule has 1 aromatic rings. The van der Waals surface area contributed by atoms with E-state index in [1.807, 2.05) is 31.2 Å². The van der Waals surface area contributed by atoms with Gasteiger partial charge in [-0.15, -0.1) is 0 Å². The van der Waals surface area contributed by atoms with Gasteiger partial charge in [-0.3, -0.25) is 14.4 Å². The van der Waals surface area contributed by atoms with E-state index in [0.29, 0.717) is 25.3 Å². The molecule has 3 N–H and O–H groups in total. The van der Waals surface area contributed by atoms with E-state index in [1.54, 1.807) is 0 Å². The van der Waals surface area contributed by atoms with Crippen LogP contribution in [0.3, 0.4) is 0 Å². The standard InChI is InChI=1S/C18H25N3O3/c1-13-2-4-14(5-3-13)8-9-16(22)20-11-18(24)21-12-17(23)19-10-15-6-7-15/h2-5,15H,6-12H2,1H3,(H,19,23)(H,20,22)(H,21,24). The van der Waals surface area contributed by atoms with Crippen molar-refractivity contribution >= 4 is 17.7 Å². The first-order chi connectivity index (χ1) is 11.5. The number of rotatable bonds is 9. The van der Waals surface area contributed by atoms with Gasteiger partial charge >= 0.3 is 0 Å². The summed E-state index contributed by atoms with van der Waals surface area (Å²) in [5.74, 6) is -0.123. The van der Waals surface area contributed by atoms with Crippen LogP contribution in [0.15, 0.2) is 24.3 Å². The molecule has 1 aromatic carbocycles. The largest absolute Gasteiger partial charge is 0.354 e. The molecule has 0 radical (unpaired) electrons. The molecule has 1 aliphatic rings. The van der Waals surface area contributed by atoms with E-state index in [2.05, 4.69) is 16.0 Å². The van der Waals surface area contributed by atoms with Crippen molar-refractivity contribution in [2.75, 3.05) is 19.6 Å². The molecule has 0 atom stereocenters. The number of nitrogens with one attached hydrogen (secondary N) is 3. The van der Waals surface area contributed by atoms with Crippen molar-refractivity contribution in [2.24, 2.45) is 5.92 Å². The molecule has 0 saturated heterocycles. The van der Waals surface area contributed by atoms with Crippen LogP contribution in [-0.2, 0) is 20.8 Å². The van der Waals surface area contributed by atoms with Crippen molar-refractivity contribution < 1.29 is 14.4 Å². The highest BCUT2D eigenvalue weighted by Crippen LogP contribution is 2.27. The molecule has 0 aromatic heterocycles. The molecule has 6 nitrogen and oxygen atoms in total. The van der Waals surface area contributed by atoms with Gasteiger partial charge in [0.1, 0.15) is 0 Å². The fourth-order valence-corrected chi connectivity index (χ4v) is 2.16. The molecular formula is C18H25N3O3. The van der Waals surface area contributed by atoms with Gasteiger partial charge in [0.25, 0.3) is 0 Å². The number of carbonyl (C=O) groups excluding carboxylic acids is 3. The van der Waals surface area contributed by atoms with Crippen LogP contribution in [0.2, 0.25) is 0 Å². The summed E-state index contributed by atoms with van der Waals surface area (Å²) in [6.45, 7) is 2.54. The third kappa shape index (κ3) is 7.26. The van der Waals surface area contributed by atoms with Crippen LogP contribution in [0, 0.1) is 12.8 Å². The maximum Gasteiger partial charge on any atom is 0.239 e. The summed E-state index contributed by atoms with van der Waals surface area (Å²) in [7, 11) is 0. The molecule has 24 heavy (non-hydrogen) atoms. The van der Waals surface area contributed by atoms with Crippen LogP contribution in [0.5, 0.6) is 0 Å². The average Bonchev–Trinajstić information content (AvgIpc) is 3.40. The Kier molecular flexibility index (Phi) is 6.78. The molecule has 1 saturated carbocycles. The summed E-state index contributed by atoms with van der Waals surface area (Å²) in [6.07, 6.45) is 3.30. The lowest BCUT2D eigenvalue weighted by Gasteiger charge is -2.08. The van der Waals surface area contributed by atoms with Crippen LogP contribution in [-0.4, -0.2) is 37.4 Å². The van der Waals surface area contributed by atoms with Gasteiger partial charge in [-0.05, 0) is 37.7 Å². The number of carbonyl (C=O) groups is 3. The average molecular weight is 331 g/mol. The molecule has 1 fully saturated rings. The molecule has 0 unspecified atom stereocenters. The Labute approximate surface area is 142 Å². The number of amides is 3. The SMILES string of the molecule is Cc1ccc(CCC(=O)NCC(=O)NCC(=O)NCC2CC2)cc1. The minimum absolute atomic E-state index is 0.0508. The Balaban J connectivity index is 1.54. The van der Waals surface area contributed by atoms with E-state index in [0.717, 1.165) is 5.56 Å². The Bertz CT molecular complexity index is 580. The highest BCUT2D eigenvalue weighted by Gasteiger charge is 2.21. The van der Waals surface area contributed by atoms with Crippen molar-refractivity contribution in [3.8, 4) is 0 Å². The first-order valence-electron chi connectivity index (χ1n) is 8.38. The van der Waals surface area contributed by atoms with Crippen molar-refractivity contribution in [1.82, 2.24) is 16.0 Å². The van der Waals surface area contributed by atoms with Gasteiger partial charge in [0.2, 0.25) is 17.7 Å². The number of benzene rings is 1. The molecule has 0 heterocycles. The third-order valence-electron chi connectivity index (χ3n) is 3.94. The van der Waals surface area contributed by atoms with Gasteiger partial charge in [0.05, 0.1) is 13.1 Å². The first-order valence-corrected chi connectivity index (χ1v) is 8.38. The van der Waals surface area contributed by atoms with Crippen LogP contribution < -0.4 is 16.0 Å². The molecule has 2 rings (SSSR count). The van der Waals surface area contributed by atoms with Gasteiger partial charge in [-0.1, -0.05) is 29.8 Å². The van der Waals surface area contributed by atoms with Gasteiger partial charge in [0, 0.05) is 13.0 Å². The molecule has 1 aliphatic carbocycles. The first kappa shape index (κ1) is 18.0. The number of hydrogen-bond acceptors (Lipinski definition) is 3. The Hall–Kier alpha value is -2.37. The molecule has 0 aliphatic heterocycles. The topological polar surface area (TPSA) is 87.3 Å². The molecule has 6 heteroatoms. The quantitative estimate of drug-likeness (QED) is 0.622. The van der Waals surface area contributed by atoms with Gasteiger partial charge < -0.3 is 16.0 Å². The predicted molar refractivity (Wildman–Crippen MR) is 91.3 cm³/mol.